The molecule has 0 saturated carbocycles. The highest BCUT2D eigenvalue weighted by Gasteiger charge is 2.10. The topological polar surface area (TPSA) is 65.2 Å². The molecule has 0 bridgehead atoms. The van der Waals surface area contributed by atoms with E-state index in [4.69, 9.17) is 0 Å². The summed E-state index contributed by atoms with van der Waals surface area (Å²) in [4.78, 5) is 0. The molecule has 0 heterocycles. The summed E-state index contributed by atoms with van der Waals surface area (Å²) < 4.78 is 0. The first-order chi connectivity index (χ1) is 11.5. The van der Waals surface area contributed by atoms with Gasteiger partial charge in [0.1, 0.15) is 11.5 Å². The maximum absolute atomic E-state index is 10.1. The van der Waals surface area contributed by atoms with Gasteiger partial charge in [-0.2, -0.15) is 10.2 Å². The van der Waals surface area contributed by atoms with E-state index in [1.807, 2.05) is 52.0 Å². The summed E-state index contributed by atoms with van der Waals surface area (Å²) in [6.07, 6.45) is 1.30. The molecule has 0 saturated heterocycles. The fraction of sp³-hybridized carbons (Fsp3) is 0.300. The number of rotatable bonds is 5. The number of hydrogen-bond acceptors (Lipinski definition) is 4. The maximum atomic E-state index is 10.1. The van der Waals surface area contributed by atoms with Gasteiger partial charge in [0.2, 0.25) is 0 Å². The molecular formula is C20H24N2O2. The van der Waals surface area contributed by atoms with Crippen LogP contribution in [0.4, 0.5) is 0 Å². The Kier molecular flexibility index (Phi) is 5.74. The fourth-order valence-electron chi connectivity index (χ4n) is 2.52. The van der Waals surface area contributed by atoms with Gasteiger partial charge in [0.15, 0.2) is 0 Å². The zero-order valence-corrected chi connectivity index (χ0v) is 14.7. The van der Waals surface area contributed by atoms with Gasteiger partial charge in [-0.3, -0.25) is 0 Å². The molecule has 2 aromatic rings. The SMILES string of the molecule is CC/C(=N\N=C(/CC)c1ccc(C)cc1O)c1ccc(C)cc1O. The minimum Gasteiger partial charge on any atom is -0.507 e. The maximum Gasteiger partial charge on any atom is 0.124 e. The van der Waals surface area contributed by atoms with Gasteiger partial charge in [-0.15, -0.1) is 0 Å². The normalized spacial score (nSPS) is 12.5. The van der Waals surface area contributed by atoms with Gasteiger partial charge in [-0.1, -0.05) is 26.0 Å². The van der Waals surface area contributed by atoms with Crippen molar-refractivity contribution in [2.45, 2.75) is 40.5 Å². The first-order valence-corrected chi connectivity index (χ1v) is 8.19. The van der Waals surface area contributed by atoms with Crippen LogP contribution < -0.4 is 0 Å². The second-order valence-corrected chi connectivity index (χ2v) is 5.84. The smallest absolute Gasteiger partial charge is 0.124 e. The number of benzene rings is 2. The quantitative estimate of drug-likeness (QED) is 0.617. The molecule has 2 N–H and O–H groups in total. The van der Waals surface area contributed by atoms with E-state index < -0.39 is 0 Å². The van der Waals surface area contributed by atoms with Crippen molar-refractivity contribution in [1.82, 2.24) is 0 Å². The molecule has 0 fully saturated rings. The molecule has 126 valence electrons. The average Bonchev–Trinajstić information content (AvgIpc) is 2.54. The zero-order valence-electron chi connectivity index (χ0n) is 14.7. The number of phenols is 2. The summed E-state index contributed by atoms with van der Waals surface area (Å²) in [5, 5.41) is 29.0. The summed E-state index contributed by atoms with van der Waals surface area (Å²) >= 11 is 0. The molecule has 0 aromatic heterocycles. The Morgan fingerprint density at radius 2 is 1.12 bits per heavy atom. The van der Waals surface area contributed by atoms with Crippen molar-refractivity contribution in [3.8, 4) is 11.5 Å². The molecular weight excluding hydrogens is 300 g/mol. The Morgan fingerprint density at radius 3 is 1.42 bits per heavy atom. The van der Waals surface area contributed by atoms with Gasteiger partial charge in [0.05, 0.1) is 11.4 Å². The monoisotopic (exact) mass is 324 g/mol. The molecule has 0 aliphatic heterocycles. The molecule has 4 nitrogen and oxygen atoms in total. The third-order valence-corrected chi connectivity index (χ3v) is 3.89. The van der Waals surface area contributed by atoms with E-state index in [1.54, 1.807) is 12.1 Å². The van der Waals surface area contributed by atoms with Crippen LogP contribution in [-0.4, -0.2) is 21.6 Å². The lowest BCUT2D eigenvalue weighted by molar-refractivity contribution is 0.473. The molecule has 24 heavy (non-hydrogen) atoms. The van der Waals surface area contributed by atoms with Crippen LogP contribution in [0.3, 0.4) is 0 Å². The minimum absolute atomic E-state index is 0.210. The Morgan fingerprint density at radius 1 is 0.750 bits per heavy atom. The Bertz CT molecular complexity index is 725. The molecule has 0 unspecified atom stereocenters. The molecule has 4 heteroatoms. The van der Waals surface area contributed by atoms with Crippen LogP contribution >= 0.6 is 0 Å². The van der Waals surface area contributed by atoms with Gasteiger partial charge in [-0.05, 0) is 62.1 Å². The van der Waals surface area contributed by atoms with Crippen molar-refractivity contribution < 1.29 is 10.2 Å². The van der Waals surface area contributed by atoms with Crippen molar-refractivity contribution in [2.24, 2.45) is 10.2 Å². The minimum atomic E-state index is 0.210. The lowest BCUT2D eigenvalue weighted by Gasteiger charge is -2.08. The number of phenolic OH excluding ortho intramolecular Hbond substituents is 2. The Balaban J connectivity index is 2.43. The standard InChI is InChI=1S/C20H24N2O2/c1-5-17(15-9-7-13(3)11-19(15)23)21-22-18(6-2)16-10-8-14(4)12-20(16)24/h7-12,23-24H,5-6H2,1-4H3/b21-17+,22-18+. The molecule has 2 aromatic carbocycles. The van der Waals surface area contributed by atoms with Crippen molar-refractivity contribution in [3.63, 3.8) is 0 Å². The molecule has 0 spiro atoms. The van der Waals surface area contributed by atoms with Gasteiger partial charge in [0.25, 0.3) is 0 Å². The third kappa shape index (κ3) is 4.02. The summed E-state index contributed by atoms with van der Waals surface area (Å²) in [6, 6.07) is 11.0. The fourth-order valence-corrected chi connectivity index (χ4v) is 2.52. The van der Waals surface area contributed by atoms with Crippen molar-refractivity contribution in [3.05, 3.63) is 58.7 Å². The van der Waals surface area contributed by atoms with E-state index in [-0.39, 0.29) is 11.5 Å². The van der Waals surface area contributed by atoms with Gasteiger partial charge in [0, 0.05) is 11.1 Å². The molecule has 0 aliphatic rings. The molecule has 0 atom stereocenters. The van der Waals surface area contributed by atoms with Crippen LogP contribution in [-0.2, 0) is 0 Å². The molecule has 0 aliphatic carbocycles. The number of aryl methyl sites for hydroxylation is 2. The first kappa shape index (κ1) is 17.7. The second-order valence-electron chi connectivity index (χ2n) is 5.84. The predicted octanol–water partition coefficient (Wildman–Crippen LogP) is 4.73. The van der Waals surface area contributed by atoms with Crippen LogP contribution in [0.25, 0.3) is 0 Å². The lowest BCUT2D eigenvalue weighted by atomic mass is 10.0. The van der Waals surface area contributed by atoms with E-state index in [1.165, 1.54) is 0 Å². The average molecular weight is 324 g/mol. The Hall–Kier alpha value is -2.62. The molecule has 0 radical (unpaired) electrons. The Labute approximate surface area is 143 Å². The van der Waals surface area contributed by atoms with Crippen molar-refractivity contribution in [1.29, 1.82) is 0 Å². The summed E-state index contributed by atoms with van der Waals surface area (Å²) in [5.41, 5.74) is 4.80. The van der Waals surface area contributed by atoms with E-state index >= 15 is 0 Å². The first-order valence-electron chi connectivity index (χ1n) is 8.19. The molecule has 2 rings (SSSR count). The highest BCUT2D eigenvalue weighted by atomic mass is 16.3. The van der Waals surface area contributed by atoms with E-state index in [0.29, 0.717) is 35.4 Å². The lowest BCUT2D eigenvalue weighted by Crippen LogP contribution is -2.03. The number of hydrogen-bond donors (Lipinski definition) is 2. The summed E-state index contributed by atoms with van der Waals surface area (Å²) in [7, 11) is 0. The van der Waals surface area contributed by atoms with E-state index in [2.05, 4.69) is 10.2 Å². The summed E-state index contributed by atoms with van der Waals surface area (Å²) in [6.45, 7) is 7.81. The highest BCUT2D eigenvalue weighted by molar-refractivity contribution is 6.05. The van der Waals surface area contributed by atoms with Crippen molar-refractivity contribution in [2.75, 3.05) is 0 Å². The second kappa shape index (κ2) is 7.77. The van der Waals surface area contributed by atoms with Crippen LogP contribution in [0.1, 0.15) is 48.9 Å². The van der Waals surface area contributed by atoms with Crippen LogP contribution in [0.15, 0.2) is 46.6 Å². The highest BCUT2D eigenvalue weighted by Crippen LogP contribution is 2.23. The van der Waals surface area contributed by atoms with Gasteiger partial charge >= 0.3 is 0 Å². The van der Waals surface area contributed by atoms with E-state index in [0.717, 1.165) is 11.1 Å². The van der Waals surface area contributed by atoms with Crippen LogP contribution in [0.5, 0.6) is 11.5 Å². The van der Waals surface area contributed by atoms with E-state index in [9.17, 15) is 10.2 Å². The number of nitrogens with zero attached hydrogens (tertiary/aromatic N) is 2. The zero-order chi connectivity index (χ0) is 17.7. The summed E-state index contributed by atoms with van der Waals surface area (Å²) in [5.74, 6) is 0.420. The number of aromatic hydroxyl groups is 2. The molecule has 0 amide bonds. The van der Waals surface area contributed by atoms with Gasteiger partial charge in [-0.25, -0.2) is 0 Å². The van der Waals surface area contributed by atoms with Crippen LogP contribution in [0, 0.1) is 13.8 Å². The third-order valence-electron chi connectivity index (χ3n) is 3.89. The largest absolute Gasteiger partial charge is 0.507 e. The van der Waals surface area contributed by atoms with Crippen LogP contribution in [0.2, 0.25) is 0 Å². The van der Waals surface area contributed by atoms with Crippen molar-refractivity contribution >= 4 is 11.4 Å². The predicted molar refractivity (Wildman–Crippen MR) is 99.3 cm³/mol. The van der Waals surface area contributed by atoms with Gasteiger partial charge < -0.3 is 10.2 Å².